The number of anilines is 3. The van der Waals surface area contributed by atoms with Crippen LogP contribution in [0, 0.1) is 6.92 Å². The first kappa shape index (κ1) is 27.1. The number of rotatable bonds is 6. The quantitative estimate of drug-likeness (QED) is 0.315. The number of nitrogens with one attached hydrogen (secondary N) is 2. The molecule has 5 rings (SSSR count). The zero-order valence-corrected chi connectivity index (χ0v) is 22.1. The normalized spacial score (nSPS) is 23.4. The van der Waals surface area contributed by atoms with E-state index < -0.39 is 0 Å². The third-order valence-corrected chi connectivity index (χ3v) is 7.68. The number of aryl methyl sites for hydroxylation is 1. The van der Waals surface area contributed by atoms with Crippen LogP contribution in [0.5, 0.6) is 0 Å². The molecule has 1 aromatic carbocycles. The molecule has 10 heteroatoms. The molecule has 2 saturated carbocycles. The zero-order chi connectivity index (χ0) is 26.0. The van der Waals surface area contributed by atoms with Crippen molar-refractivity contribution in [2.75, 3.05) is 16.4 Å². The summed E-state index contributed by atoms with van der Waals surface area (Å²) in [5.74, 6) is 1.75. The van der Waals surface area contributed by atoms with Crippen LogP contribution in [0.3, 0.4) is 0 Å². The maximum atomic E-state index is 9.63. The SMILES string of the molecule is Cc1ccc(Sc2cnc(N)nc2N[C@H]2CC[C@H](O)CC2)cc1.O[C@H]1CC[C@H](Nc2ncccn2)CC1. The molecule has 0 radical (unpaired) electrons. The molecule has 2 aromatic heterocycles. The third-order valence-electron chi connectivity index (χ3n) is 6.66. The Kier molecular flexibility index (Phi) is 9.92. The van der Waals surface area contributed by atoms with Gasteiger partial charge in [0.15, 0.2) is 0 Å². The van der Waals surface area contributed by atoms with Crippen molar-refractivity contribution in [2.45, 2.75) is 92.4 Å². The predicted molar refractivity (Wildman–Crippen MR) is 148 cm³/mol. The highest BCUT2D eigenvalue weighted by molar-refractivity contribution is 7.99. The number of nitrogens with zero attached hydrogens (tertiary/aromatic N) is 4. The van der Waals surface area contributed by atoms with Gasteiger partial charge < -0.3 is 26.6 Å². The standard InChI is InChI=1S/C17H22N4OS.C10H15N3O/c1-11-2-8-14(9-3-11)23-15-10-19-17(18)21-16(15)20-12-4-6-13(22)7-5-12;14-9-4-2-8(3-5-9)13-10-11-6-1-7-12-10/h2-3,8-10,12-13,22H,4-7H2,1H3,(H3,18,19,20,21);1,6-9,14H,2-5H2,(H,11,12,13)/t12-,13-;8-,9-. The van der Waals surface area contributed by atoms with E-state index in [9.17, 15) is 10.2 Å². The molecule has 0 aliphatic heterocycles. The van der Waals surface area contributed by atoms with E-state index in [-0.39, 0.29) is 18.2 Å². The smallest absolute Gasteiger partial charge is 0.222 e. The second kappa shape index (κ2) is 13.6. The van der Waals surface area contributed by atoms with Crippen LogP contribution < -0.4 is 16.4 Å². The van der Waals surface area contributed by atoms with Gasteiger partial charge in [-0.25, -0.2) is 15.0 Å². The highest BCUT2D eigenvalue weighted by Gasteiger charge is 2.21. The molecule has 2 aliphatic rings. The van der Waals surface area contributed by atoms with E-state index in [0.717, 1.165) is 67.0 Å². The van der Waals surface area contributed by atoms with Crippen LogP contribution in [0.25, 0.3) is 0 Å². The first-order chi connectivity index (χ1) is 17.9. The van der Waals surface area contributed by atoms with Gasteiger partial charge in [-0.3, -0.25) is 0 Å². The Bertz CT molecular complexity index is 1090. The summed E-state index contributed by atoms with van der Waals surface area (Å²) in [7, 11) is 0. The van der Waals surface area contributed by atoms with Crippen LogP contribution >= 0.6 is 11.8 Å². The summed E-state index contributed by atoms with van der Waals surface area (Å²) >= 11 is 1.63. The molecule has 2 heterocycles. The molecule has 6 N–H and O–H groups in total. The summed E-state index contributed by atoms with van der Waals surface area (Å²) in [6.07, 6.45) is 12.3. The molecule has 0 bridgehead atoms. The molecule has 0 spiro atoms. The fourth-order valence-corrected chi connectivity index (χ4v) is 5.32. The maximum absolute atomic E-state index is 9.63. The molecule has 37 heavy (non-hydrogen) atoms. The van der Waals surface area contributed by atoms with E-state index in [0.29, 0.717) is 18.0 Å². The fraction of sp³-hybridized carbons (Fsp3) is 0.481. The average molecular weight is 524 g/mol. The van der Waals surface area contributed by atoms with Crippen LogP contribution in [0.15, 0.2) is 58.7 Å². The van der Waals surface area contributed by atoms with Crippen molar-refractivity contribution in [2.24, 2.45) is 0 Å². The van der Waals surface area contributed by atoms with Crippen molar-refractivity contribution in [1.82, 2.24) is 19.9 Å². The molecular formula is C27H37N7O2S. The van der Waals surface area contributed by atoms with Gasteiger partial charge in [0.2, 0.25) is 11.9 Å². The van der Waals surface area contributed by atoms with Crippen LogP contribution in [-0.4, -0.2) is 54.4 Å². The van der Waals surface area contributed by atoms with Gasteiger partial charge in [-0.2, -0.15) is 4.98 Å². The van der Waals surface area contributed by atoms with Crippen molar-refractivity contribution in [3.05, 3.63) is 54.5 Å². The number of aliphatic hydroxyl groups excluding tert-OH is 2. The summed E-state index contributed by atoms with van der Waals surface area (Å²) in [5.41, 5.74) is 6.99. The number of aliphatic hydroxyl groups is 2. The lowest BCUT2D eigenvalue weighted by Crippen LogP contribution is -2.28. The van der Waals surface area contributed by atoms with Crippen molar-refractivity contribution in [1.29, 1.82) is 0 Å². The van der Waals surface area contributed by atoms with Crippen LogP contribution in [0.2, 0.25) is 0 Å². The van der Waals surface area contributed by atoms with Crippen molar-refractivity contribution >= 4 is 29.5 Å². The van der Waals surface area contributed by atoms with Gasteiger partial charge in [0.05, 0.1) is 17.1 Å². The predicted octanol–water partition coefficient (Wildman–Crippen LogP) is 4.43. The molecule has 9 nitrogen and oxygen atoms in total. The second-order valence-electron chi connectivity index (χ2n) is 9.73. The van der Waals surface area contributed by atoms with Crippen molar-refractivity contribution in [3.8, 4) is 0 Å². The van der Waals surface area contributed by atoms with E-state index in [1.807, 2.05) is 0 Å². The number of nitrogen functional groups attached to an aromatic ring is 1. The highest BCUT2D eigenvalue weighted by atomic mass is 32.2. The molecule has 0 saturated heterocycles. The van der Waals surface area contributed by atoms with E-state index in [4.69, 9.17) is 5.73 Å². The number of aromatic nitrogens is 4. The zero-order valence-electron chi connectivity index (χ0n) is 21.3. The van der Waals surface area contributed by atoms with Crippen molar-refractivity contribution in [3.63, 3.8) is 0 Å². The summed E-state index contributed by atoms with van der Waals surface area (Å²) in [6.45, 7) is 2.07. The fourth-order valence-electron chi connectivity index (χ4n) is 4.49. The minimum absolute atomic E-state index is 0.107. The van der Waals surface area contributed by atoms with Gasteiger partial charge in [-0.15, -0.1) is 0 Å². The number of hydrogen-bond donors (Lipinski definition) is 5. The van der Waals surface area contributed by atoms with E-state index in [1.54, 1.807) is 36.4 Å². The number of hydrogen-bond acceptors (Lipinski definition) is 10. The maximum Gasteiger partial charge on any atom is 0.222 e. The third kappa shape index (κ3) is 8.84. The second-order valence-corrected chi connectivity index (χ2v) is 10.8. The highest BCUT2D eigenvalue weighted by Crippen LogP contribution is 2.34. The lowest BCUT2D eigenvalue weighted by molar-refractivity contribution is 0.125. The minimum Gasteiger partial charge on any atom is -0.393 e. The monoisotopic (exact) mass is 523 g/mol. The molecule has 2 fully saturated rings. The van der Waals surface area contributed by atoms with E-state index in [2.05, 4.69) is 61.8 Å². The Balaban J connectivity index is 0.000000195. The summed E-state index contributed by atoms with van der Waals surface area (Å²) < 4.78 is 0. The largest absolute Gasteiger partial charge is 0.393 e. The lowest BCUT2D eigenvalue weighted by atomic mass is 9.93. The van der Waals surface area contributed by atoms with Crippen LogP contribution in [-0.2, 0) is 0 Å². The van der Waals surface area contributed by atoms with Gasteiger partial charge in [0, 0.05) is 35.6 Å². The summed E-state index contributed by atoms with van der Waals surface area (Å²) in [5, 5.41) is 25.7. The van der Waals surface area contributed by atoms with Gasteiger partial charge in [0.1, 0.15) is 5.82 Å². The van der Waals surface area contributed by atoms with E-state index >= 15 is 0 Å². The Hall–Kier alpha value is -2.95. The molecule has 2 aliphatic carbocycles. The first-order valence-electron chi connectivity index (χ1n) is 13.0. The Morgan fingerprint density at radius 3 is 1.97 bits per heavy atom. The van der Waals surface area contributed by atoms with Gasteiger partial charge in [-0.05, 0) is 76.5 Å². The Labute approximate surface area is 222 Å². The molecular weight excluding hydrogens is 486 g/mol. The summed E-state index contributed by atoms with van der Waals surface area (Å²) in [6, 6.07) is 10.9. The van der Waals surface area contributed by atoms with Gasteiger partial charge >= 0.3 is 0 Å². The van der Waals surface area contributed by atoms with Gasteiger partial charge in [0.25, 0.3) is 0 Å². The average Bonchev–Trinajstić information content (AvgIpc) is 2.91. The lowest BCUT2D eigenvalue weighted by Gasteiger charge is -2.27. The molecule has 0 amide bonds. The number of benzene rings is 1. The molecule has 0 atom stereocenters. The van der Waals surface area contributed by atoms with E-state index in [1.165, 1.54) is 5.56 Å². The van der Waals surface area contributed by atoms with Crippen LogP contribution in [0.1, 0.15) is 56.9 Å². The van der Waals surface area contributed by atoms with Crippen molar-refractivity contribution < 1.29 is 10.2 Å². The molecule has 3 aromatic rings. The molecule has 198 valence electrons. The Morgan fingerprint density at radius 1 is 0.811 bits per heavy atom. The Morgan fingerprint density at radius 2 is 1.38 bits per heavy atom. The topological polar surface area (TPSA) is 142 Å². The minimum atomic E-state index is -0.162. The first-order valence-corrected chi connectivity index (χ1v) is 13.8. The number of nitrogens with two attached hydrogens (primary N) is 1. The molecule has 0 unspecified atom stereocenters. The van der Waals surface area contributed by atoms with Crippen LogP contribution in [0.4, 0.5) is 17.7 Å². The van der Waals surface area contributed by atoms with Gasteiger partial charge in [-0.1, -0.05) is 29.5 Å². The summed E-state index contributed by atoms with van der Waals surface area (Å²) in [4.78, 5) is 18.8.